The highest BCUT2D eigenvalue weighted by Gasteiger charge is 2.39. The minimum Gasteiger partial charge on any atom is -0.481 e. The molecule has 0 saturated carbocycles. The van der Waals surface area contributed by atoms with Gasteiger partial charge in [-0.3, -0.25) is 14.9 Å². The molecule has 3 rings (SSSR count). The van der Waals surface area contributed by atoms with Gasteiger partial charge >= 0.3 is 5.97 Å². The van der Waals surface area contributed by atoms with Crippen molar-refractivity contribution in [1.82, 2.24) is 0 Å². The Labute approximate surface area is 116 Å². The van der Waals surface area contributed by atoms with Crippen LogP contribution in [0.4, 0.5) is 11.4 Å². The molecule has 20 heavy (non-hydrogen) atoms. The zero-order valence-corrected chi connectivity index (χ0v) is 11.0. The van der Waals surface area contributed by atoms with Crippen LogP contribution in [-0.4, -0.2) is 28.6 Å². The van der Waals surface area contributed by atoms with Crippen LogP contribution in [0.3, 0.4) is 0 Å². The number of fused-ring (bicyclic) bond motifs is 3. The summed E-state index contributed by atoms with van der Waals surface area (Å²) >= 11 is 0. The number of hydrogen-bond acceptors (Lipinski definition) is 4. The van der Waals surface area contributed by atoms with E-state index in [4.69, 9.17) is 0 Å². The van der Waals surface area contributed by atoms with Crippen LogP contribution < -0.4 is 4.90 Å². The summed E-state index contributed by atoms with van der Waals surface area (Å²) in [5.74, 6) is -1.27. The lowest BCUT2D eigenvalue weighted by molar-refractivity contribution is -0.384. The monoisotopic (exact) mass is 276 g/mol. The van der Waals surface area contributed by atoms with Crippen molar-refractivity contribution in [1.29, 1.82) is 0 Å². The third kappa shape index (κ3) is 2.01. The van der Waals surface area contributed by atoms with Crippen molar-refractivity contribution in [3.63, 3.8) is 0 Å². The maximum absolute atomic E-state index is 11.5. The van der Waals surface area contributed by atoms with Gasteiger partial charge in [-0.15, -0.1) is 0 Å². The summed E-state index contributed by atoms with van der Waals surface area (Å²) in [6.07, 6.45) is 3.35. The van der Waals surface area contributed by atoms with Gasteiger partial charge in [0.15, 0.2) is 0 Å². The molecule has 106 valence electrons. The summed E-state index contributed by atoms with van der Waals surface area (Å²) in [6, 6.07) is 4.82. The predicted octanol–water partition coefficient (Wildman–Crippen LogP) is 2.21. The first kappa shape index (κ1) is 12.9. The first-order valence-corrected chi connectivity index (χ1v) is 6.84. The molecule has 2 heterocycles. The molecular weight excluding hydrogens is 260 g/mol. The maximum atomic E-state index is 11.5. The van der Waals surface area contributed by atoms with Gasteiger partial charge in [0.25, 0.3) is 5.69 Å². The zero-order valence-electron chi connectivity index (χ0n) is 11.0. The SMILES string of the molecule is O=C(O)C1Cc2cc([N+](=O)[O-])ccc2N2CCCC[C@H]12. The van der Waals surface area contributed by atoms with Crippen LogP contribution in [0.2, 0.25) is 0 Å². The van der Waals surface area contributed by atoms with Crippen molar-refractivity contribution in [3.8, 4) is 0 Å². The minimum absolute atomic E-state index is 0.0233. The number of carbonyl (C=O) groups is 1. The van der Waals surface area contributed by atoms with E-state index in [2.05, 4.69) is 4.90 Å². The van der Waals surface area contributed by atoms with Crippen LogP contribution in [0.25, 0.3) is 0 Å². The number of nitro benzene ring substituents is 1. The van der Waals surface area contributed by atoms with Crippen LogP contribution in [-0.2, 0) is 11.2 Å². The molecule has 1 saturated heterocycles. The number of carboxylic acid groups (broad SMARTS) is 1. The topological polar surface area (TPSA) is 83.7 Å². The standard InChI is InChI=1S/C14H16N2O4/c17-14(18)11-8-9-7-10(16(19)20)4-5-12(9)15-6-2-1-3-13(11)15/h4-5,7,11,13H,1-3,6,8H2,(H,17,18)/t11?,13-/m1/s1. The van der Waals surface area contributed by atoms with Crippen molar-refractivity contribution in [2.45, 2.75) is 31.7 Å². The Kier molecular flexibility index (Phi) is 3.08. The second-order valence-electron chi connectivity index (χ2n) is 5.48. The molecule has 1 aromatic rings. The quantitative estimate of drug-likeness (QED) is 0.661. The van der Waals surface area contributed by atoms with E-state index < -0.39 is 16.8 Å². The van der Waals surface area contributed by atoms with Gasteiger partial charge in [-0.1, -0.05) is 0 Å². The Morgan fingerprint density at radius 3 is 2.90 bits per heavy atom. The third-order valence-corrected chi connectivity index (χ3v) is 4.35. The van der Waals surface area contributed by atoms with Crippen LogP contribution >= 0.6 is 0 Å². The summed E-state index contributed by atoms with van der Waals surface area (Å²) in [5.41, 5.74) is 1.78. The second-order valence-corrected chi connectivity index (χ2v) is 5.48. The van der Waals surface area contributed by atoms with E-state index in [0.29, 0.717) is 6.42 Å². The molecule has 1 N–H and O–H groups in total. The second kappa shape index (κ2) is 4.77. The molecule has 0 radical (unpaired) electrons. The maximum Gasteiger partial charge on any atom is 0.308 e. The average molecular weight is 276 g/mol. The highest BCUT2D eigenvalue weighted by molar-refractivity contribution is 5.75. The Hall–Kier alpha value is -2.11. The Morgan fingerprint density at radius 2 is 2.20 bits per heavy atom. The van der Waals surface area contributed by atoms with Gasteiger partial charge in [0.2, 0.25) is 0 Å². The highest BCUT2D eigenvalue weighted by atomic mass is 16.6. The van der Waals surface area contributed by atoms with Gasteiger partial charge in [-0.2, -0.15) is 0 Å². The molecule has 0 bridgehead atoms. The van der Waals surface area contributed by atoms with E-state index in [1.807, 2.05) is 0 Å². The van der Waals surface area contributed by atoms with Crippen molar-refractivity contribution < 1.29 is 14.8 Å². The molecular formula is C14H16N2O4. The van der Waals surface area contributed by atoms with Crippen LogP contribution in [0.1, 0.15) is 24.8 Å². The number of aliphatic carboxylic acids is 1. The van der Waals surface area contributed by atoms with E-state index in [1.54, 1.807) is 6.07 Å². The number of rotatable bonds is 2. The molecule has 1 aromatic carbocycles. The molecule has 0 aliphatic carbocycles. The fraction of sp³-hybridized carbons (Fsp3) is 0.500. The molecule has 0 spiro atoms. The smallest absolute Gasteiger partial charge is 0.308 e. The van der Waals surface area contributed by atoms with Gasteiger partial charge in [-0.25, -0.2) is 0 Å². The van der Waals surface area contributed by atoms with Gasteiger partial charge < -0.3 is 10.0 Å². The fourth-order valence-electron chi connectivity index (χ4n) is 3.43. The molecule has 2 aliphatic rings. The molecule has 1 fully saturated rings. The number of benzene rings is 1. The molecule has 6 nitrogen and oxygen atoms in total. The summed E-state index contributed by atoms with van der Waals surface area (Å²) < 4.78 is 0. The van der Waals surface area contributed by atoms with Crippen molar-refractivity contribution in [2.24, 2.45) is 5.92 Å². The molecule has 0 aromatic heterocycles. The first-order valence-electron chi connectivity index (χ1n) is 6.84. The van der Waals surface area contributed by atoms with Crippen LogP contribution in [0, 0.1) is 16.0 Å². The van der Waals surface area contributed by atoms with E-state index in [-0.39, 0.29) is 11.7 Å². The Bertz CT molecular complexity index is 572. The van der Waals surface area contributed by atoms with Crippen LogP contribution in [0.5, 0.6) is 0 Å². The molecule has 1 unspecified atom stereocenters. The molecule has 2 atom stereocenters. The largest absolute Gasteiger partial charge is 0.481 e. The third-order valence-electron chi connectivity index (χ3n) is 4.35. The summed E-state index contributed by atoms with van der Waals surface area (Å²) in [7, 11) is 0. The lowest BCUT2D eigenvalue weighted by Crippen LogP contribution is -2.50. The number of anilines is 1. The van der Waals surface area contributed by atoms with E-state index in [9.17, 15) is 20.0 Å². The van der Waals surface area contributed by atoms with Gasteiger partial charge in [0, 0.05) is 30.4 Å². The zero-order chi connectivity index (χ0) is 14.3. The van der Waals surface area contributed by atoms with Crippen LogP contribution in [0.15, 0.2) is 18.2 Å². The van der Waals surface area contributed by atoms with E-state index >= 15 is 0 Å². The number of hydrogen-bond donors (Lipinski definition) is 1. The lowest BCUT2D eigenvalue weighted by Gasteiger charge is -2.45. The fourth-order valence-corrected chi connectivity index (χ4v) is 3.43. The van der Waals surface area contributed by atoms with Crippen molar-refractivity contribution in [2.75, 3.05) is 11.4 Å². The summed E-state index contributed by atoms with van der Waals surface area (Å²) in [6.45, 7) is 0.833. The summed E-state index contributed by atoms with van der Waals surface area (Å²) in [4.78, 5) is 24.0. The van der Waals surface area contributed by atoms with Gasteiger partial charge in [0.1, 0.15) is 0 Å². The van der Waals surface area contributed by atoms with Crippen molar-refractivity contribution in [3.05, 3.63) is 33.9 Å². The normalized spacial score (nSPS) is 24.7. The molecule has 2 aliphatic heterocycles. The molecule has 0 amide bonds. The van der Waals surface area contributed by atoms with Crippen molar-refractivity contribution >= 4 is 17.3 Å². The molecule has 6 heteroatoms. The number of nitrogens with zero attached hydrogens (tertiary/aromatic N) is 2. The highest BCUT2D eigenvalue weighted by Crippen LogP contribution is 2.39. The number of non-ortho nitro benzene ring substituents is 1. The predicted molar refractivity (Wildman–Crippen MR) is 72.9 cm³/mol. The van der Waals surface area contributed by atoms with Gasteiger partial charge in [-0.05, 0) is 37.3 Å². The number of carboxylic acids is 1. The van der Waals surface area contributed by atoms with E-state index in [1.165, 1.54) is 12.1 Å². The summed E-state index contributed by atoms with van der Waals surface area (Å²) in [5, 5.41) is 20.3. The minimum atomic E-state index is -0.806. The van der Waals surface area contributed by atoms with E-state index in [0.717, 1.165) is 37.1 Å². The number of piperidine rings is 1. The Morgan fingerprint density at radius 1 is 1.40 bits per heavy atom. The first-order chi connectivity index (χ1) is 9.58. The Balaban J connectivity index is 2.04. The number of nitro groups is 1. The van der Waals surface area contributed by atoms with Gasteiger partial charge in [0.05, 0.1) is 10.8 Å². The lowest BCUT2D eigenvalue weighted by atomic mass is 9.81. The average Bonchev–Trinajstić information content (AvgIpc) is 2.45.